The highest BCUT2D eigenvalue weighted by Crippen LogP contribution is 2.26. The molecule has 2 unspecified atom stereocenters. The maximum absolute atomic E-state index is 12.3. The summed E-state index contributed by atoms with van der Waals surface area (Å²) in [7, 11) is 1.63. The van der Waals surface area contributed by atoms with E-state index < -0.39 is 0 Å². The van der Waals surface area contributed by atoms with E-state index in [1.165, 1.54) is 0 Å². The van der Waals surface area contributed by atoms with E-state index >= 15 is 0 Å². The molecule has 110 valence electrons. The van der Waals surface area contributed by atoms with Gasteiger partial charge in [0.25, 0.3) is 5.91 Å². The minimum absolute atomic E-state index is 0.00755. The van der Waals surface area contributed by atoms with Crippen LogP contribution in [0, 0.1) is 5.92 Å². The van der Waals surface area contributed by atoms with Gasteiger partial charge in [0, 0.05) is 19.3 Å². The van der Waals surface area contributed by atoms with Gasteiger partial charge in [0.05, 0.1) is 17.0 Å². The molecule has 1 aliphatic rings. The van der Waals surface area contributed by atoms with Gasteiger partial charge in [-0.15, -0.1) is 0 Å². The van der Waals surface area contributed by atoms with Crippen molar-refractivity contribution in [1.82, 2.24) is 20.6 Å². The monoisotopic (exact) mass is 286 g/mol. The molecule has 3 N–H and O–H groups in total. The third kappa shape index (κ3) is 2.61. The molecule has 0 spiro atoms. The molecule has 6 heteroatoms. The number of carbonyl (C=O) groups is 2. The lowest BCUT2D eigenvalue weighted by Gasteiger charge is -2.19. The average Bonchev–Trinajstić information content (AvgIpc) is 3.14. The third-order valence-corrected chi connectivity index (χ3v) is 4.05. The Hall–Kier alpha value is -2.37. The summed E-state index contributed by atoms with van der Waals surface area (Å²) in [6, 6.07) is 5.25. The van der Waals surface area contributed by atoms with E-state index in [4.69, 9.17) is 0 Å². The SMILES string of the molecule is CNC(=O)C1CCCC1NC(=O)c1ccc2[nH]ccc2n1. The lowest BCUT2D eigenvalue weighted by atomic mass is 10.0. The number of pyridine rings is 1. The third-order valence-electron chi connectivity index (χ3n) is 4.05. The molecule has 0 radical (unpaired) electrons. The lowest BCUT2D eigenvalue weighted by Crippen LogP contribution is -2.43. The molecule has 2 amide bonds. The standard InChI is InChI=1S/C15H18N4O2/c1-16-14(20)9-3-2-4-10(9)19-15(21)13-6-5-11-12(18-13)7-8-17-11/h5-10,17H,2-4H2,1H3,(H,16,20)(H,19,21). The van der Waals surface area contributed by atoms with Gasteiger partial charge >= 0.3 is 0 Å². The number of carbonyl (C=O) groups excluding carboxylic acids is 2. The number of amides is 2. The summed E-state index contributed by atoms with van der Waals surface area (Å²) >= 11 is 0. The van der Waals surface area contributed by atoms with Gasteiger partial charge in [-0.3, -0.25) is 9.59 Å². The van der Waals surface area contributed by atoms with Crippen molar-refractivity contribution in [3.05, 3.63) is 30.1 Å². The molecule has 1 aliphatic carbocycles. The molecule has 0 bridgehead atoms. The van der Waals surface area contributed by atoms with Gasteiger partial charge < -0.3 is 15.6 Å². The number of fused-ring (bicyclic) bond motifs is 1. The Morgan fingerprint density at radius 3 is 2.95 bits per heavy atom. The zero-order valence-corrected chi connectivity index (χ0v) is 11.8. The molecule has 1 fully saturated rings. The number of hydrogen-bond donors (Lipinski definition) is 3. The van der Waals surface area contributed by atoms with Crippen LogP contribution >= 0.6 is 0 Å². The average molecular weight is 286 g/mol. The molecule has 0 saturated heterocycles. The Morgan fingerprint density at radius 1 is 1.29 bits per heavy atom. The quantitative estimate of drug-likeness (QED) is 0.792. The highest BCUT2D eigenvalue weighted by atomic mass is 16.2. The van der Waals surface area contributed by atoms with Crippen molar-refractivity contribution in [2.75, 3.05) is 7.05 Å². The Morgan fingerprint density at radius 2 is 2.14 bits per heavy atom. The number of rotatable bonds is 3. The van der Waals surface area contributed by atoms with Crippen molar-refractivity contribution in [2.24, 2.45) is 5.92 Å². The minimum atomic E-state index is -0.223. The molecule has 2 atom stereocenters. The summed E-state index contributed by atoms with van der Waals surface area (Å²) < 4.78 is 0. The van der Waals surface area contributed by atoms with Crippen LogP contribution in [0.1, 0.15) is 29.8 Å². The van der Waals surface area contributed by atoms with Crippen LogP contribution in [0.15, 0.2) is 24.4 Å². The largest absolute Gasteiger partial charge is 0.360 e. The van der Waals surface area contributed by atoms with E-state index in [1.807, 2.05) is 12.1 Å². The second kappa shape index (κ2) is 5.55. The van der Waals surface area contributed by atoms with Crippen molar-refractivity contribution < 1.29 is 9.59 Å². The fraction of sp³-hybridized carbons (Fsp3) is 0.400. The van der Waals surface area contributed by atoms with Crippen LogP contribution in [0.3, 0.4) is 0 Å². The Kier molecular flexibility index (Phi) is 3.60. The fourth-order valence-corrected chi connectivity index (χ4v) is 2.94. The molecule has 3 rings (SSSR count). The predicted octanol–water partition coefficient (Wildman–Crippen LogP) is 1.21. The smallest absolute Gasteiger partial charge is 0.270 e. The molecule has 1 saturated carbocycles. The van der Waals surface area contributed by atoms with Crippen LogP contribution in [-0.4, -0.2) is 34.9 Å². The second-order valence-electron chi connectivity index (χ2n) is 5.34. The fourth-order valence-electron chi connectivity index (χ4n) is 2.94. The first-order valence-corrected chi connectivity index (χ1v) is 7.15. The maximum atomic E-state index is 12.3. The Balaban J connectivity index is 1.74. The summed E-state index contributed by atoms with van der Waals surface area (Å²) in [6.07, 6.45) is 4.39. The van der Waals surface area contributed by atoms with Gasteiger partial charge in [0.15, 0.2) is 0 Å². The van der Waals surface area contributed by atoms with Crippen LogP contribution in [0.2, 0.25) is 0 Å². The van der Waals surface area contributed by atoms with Crippen molar-refractivity contribution in [3.63, 3.8) is 0 Å². The first-order valence-electron chi connectivity index (χ1n) is 7.15. The molecule has 21 heavy (non-hydrogen) atoms. The number of hydrogen-bond acceptors (Lipinski definition) is 3. The summed E-state index contributed by atoms with van der Waals surface area (Å²) in [5.41, 5.74) is 2.04. The number of nitrogens with one attached hydrogen (secondary N) is 3. The highest BCUT2D eigenvalue weighted by molar-refractivity contribution is 5.95. The van der Waals surface area contributed by atoms with E-state index in [-0.39, 0.29) is 23.8 Å². The summed E-state index contributed by atoms with van der Waals surface area (Å²) in [5, 5.41) is 5.61. The van der Waals surface area contributed by atoms with Gasteiger partial charge in [0.2, 0.25) is 5.91 Å². The van der Waals surface area contributed by atoms with E-state index in [1.54, 1.807) is 19.3 Å². The first kappa shape index (κ1) is 13.6. The van der Waals surface area contributed by atoms with Gasteiger partial charge in [0.1, 0.15) is 5.69 Å². The topological polar surface area (TPSA) is 86.9 Å². The van der Waals surface area contributed by atoms with Crippen molar-refractivity contribution in [1.29, 1.82) is 0 Å². The van der Waals surface area contributed by atoms with Crippen molar-refractivity contribution in [2.45, 2.75) is 25.3 Å². The van der Waals surface area contributed by atoms with Gasteiger partial charge in [-0.1, -0.05) is 6.42 Å². The molecule has 0 aliphatic heterocycles. The van der Waals surface area contributed by atoms with Crippen LogP contribution in [0.5, 0.6) is 0 Å². The molecule has 0 aromatic carbocycles. The molecule has 2 aromatic heterocycles. The first-order chi connectivity index (χ1) is 10.2. The lowest BCUT2D eigenvalue weighted by molar-refractivity contribution is -0.124. The molecule has 2 aromatic rings. The van der Waals surface area contributed by atoms with E-state index in [0.717, 1.165) is 30.3 Å². The van der Waals surface area contributed by atoms with Crippen LogP contribution < -0.4 is 10.6 Å². The molecule has 6 nitrogen and oxygen atoms in total. The van der Waals surface area contributed by atoms with Crippen LogP contribution in [-0.2, 0) is 4.79 Å². The van der Waals surface area contributed by atoms with Gasteiger partial charge in [-0.05, 0) is 31.0 Å². The number of aromatic amines is 1. The zero-order valence-electron chi connectivity index (χ0n) is 11.8. The molecule has 2 heterocycles. The summed E-state index contributed by atoms with van der Waals surface area (Å²) in [5.74, 6) is -0.374. The normalized spacial score (nSPS) is 21.4. The molecular formula is C15H18N4O2. The maximum Gasteiger partial charge on any atom is 0.270 e. The van der Waals surface area contributed by atoms with E-state index in [9.17, 15) is 9.59 Å². The summed E-state index contributed by atoms with van der Waals surface area (Å²) in [4.78, 5) is 31.5. The predicted molar refractivity (Wildman–Crippen MR) is 78.8 cm³/mol. The van der Waals surface area contributed by atoms with Gasteiger partial charge in [-0.2, -0.15) is 0 Å². The summed E-state index contributed by atoms with van der Waals surface area (Å²) in [6.45, 7) is 0. The minimum Gasteiger partial charge on any atom is -0.360 e. The number of nitrogens with zero attached hydrogens (tertiary/aromatic N) is 1. The molecular weight excluding hydrogens is 268 g/mol. The van der Waals surface area contributed by atoms with E-state index in [2.05, 4.69) is 20.6 Å². The Bertz CT molecular complexity index is 679. The Labute approximate surface area is 122 Å². The van der Waals surface area contributed by atoms with Crippen molar-refractivity contribution >= 4 is 22.8 Å². The number of aromatic nitrogens is 2. The van der Waals surface area contributed by atoms with E-state index in [0.29, 0.717) is 5.69 Å². The highest BCUT2D eigenvalue weighted by Gasteiger charge is 2.33. The van der Waals surface area contributed by atoms with Crippen LogP contribution in [0.25, 0.3) is 11.0 Å². The van der Waals surface area contributed by atoms with Crippen LogP contribution in [0.4, 0.5) is 0 Å². The zero-order chi connectivity index (χ0) is 14.8. The second-order valence-corrected chi connectivity index (χ2v) is 5.34. The van der Waals surface area contributed by atoms with Crippen molar-refractivity contribution in [3.8, 4) is 0 Å². The number of H-pyrrole nitrogens is 1. The van der Waals surface area contributed by atoms with Gasteiger partial charge in [-0.25, -0.2) is 4.98 Å².